The second-order valence-electron chi connectivity index (χ2n) is 3.70. The average Bonchev–Trinajstić information content (AvgIpc) is 2.37. The summed E-state index contributed by atoms with van der Waals surface area (Å²) in [6.07, 6.45) is 0. The number of nitrogen functional groups attached to an aromatic ring is 1. The van der Waals surface area contributed by atoms with Gasteiger partial charge in [0.05, 0.1) is 3.57 Å². The lowest BCUT2D eigenvalue weighted by Crippen LogP contribution is -2.09. The van der Waals surface area contributed by atoms with Gasteiger partial charge in [-0.2, -0.15) is 0 Å². The lowest BCUT2D eigenvalue weighted by atomic mass is 10.3. The van der Waals surface area contributed by atoms with Crippen LogP contribution in [-0.2, 0) is 0 Å². The topological polar surface area (TPSA) is 44.5 Å². The van der Waals surface area contributed by atoms with Gasteiger partial charge in [0.2, 0.25) is 0 Å². The van der Waals surface area contributed by atoms with E-state index in [0.717, 1.165) is 15.1 Å². The number of ether oxygens (including phenoxy) is 2. The van der Waals surface area contributed by atoms with E-state index in [4.69, 9.17) is 15.2 Å². The van der Waals surface area contributed by atoms with Gasteiger partial charge >= 0.3 is 0 Å². The Hall–Kier alpha value is -1.43. The Morgan fingerprint density at radius 1 is 0.944 bits per heavy atom. The van der Waals surface area contributed by atoms with Gasteiger partial charge < -0.3 is 15.2 Å². The van der Waals surface area contributed by atoms with Gasteiger partial charge in [-0.1, -0.05) is 18.2 Å². The largest absolute Gasteiger partial charge is 0.490 e. The van der Waals surface area contributed by atoms with Crippen LogP contribution in [0.1, 0.15) is 0 Å². The van der Waals surface area contributed by atoms with Crippen LogP contribution >= 0.6 is 22.6 Å². The minimum absolute atomic E-state index is 0.494. The molecule has 2 rings (SSSR count). The summed E-state index contributed by atoms with van der Waals surface area (Å²) in [5, 5.41) is 0. The lowest BCUT2D eigenvalue weighted by Gasteiger charge is -2.09. The molecule has 18 heavy (non-hydrogen) atoms. The number of anilines is 1. The Morgan fingerprint density at radius 3 is 2.50 bits per heavy atom. The van der Waals surface area contributed by atoms with Crippen molar-refractivity contribution in [2.45, 2.75) is 0 Å². The molecule has 3 nitrogen and oxygen atoms in total. The molecule has 2 aromatic carbocycles. The van der Waals surface area contributed by atoms with Crippen LogP contribution in [0.3, 0.4) is 0 Å². The van der Waals surface area contributed by atoms with E-state index in [1.807, 2.05) is 42.5 Å². The maximum Gasteiger partial charge on any atom is 0.132 e. The molecule has 0 aliphatic heterocycles. The number of hydrogen-bond donors (Lipinski definition) is 1. The SMILES string of the molecule is Nc1cccc(OCCOc2ccccc2I)c1. The number of benzene rings is 2. The van der Waals surface area contributed by atoms with E-state index in [2.05, 4.69) is 22.6 Å². The molecule has 4 heteroatoms. The standard InChI is InChI=1S/C14H14INO2/c15-13-6-1-2-7-14(13)18-9-8-17-12-5-3-4-11(16)10-12/h1-7,10H,8-9,16H2. The molecule has 0 fully saturated rings. The highest BCUT2D eigenvalue weighted by Gasteiger charge is 1.99. The van der Waals surface area contributed by atoms with Gasteiger partial charge in [0.15, 0.2) is 0 Å². The van der Waals surface area contributed by atoms with Gasteiger partial charge in [0.25, 0.3) is 0 Å². The van der Waals surface area contributed by atoms with Crippen molar-refractivity contribution in [2.75, 3.05) is 18.9 Å². The van der Waals surface area contributed by atoms with Crippen LogP contribution in [0, 0.1) is 3.57 Å². The normalized spacial score (nSPS) is 10.1. The number of halogens is 1. The minimum atomic E-state index is 0.494. The van der Waals surface area contributed by atoms with Crippen molar-refractivity contribution < 1.29 is 9.47 Å². The fraction of sp³-hybridized carbons (Fsp3) is 0.143. The van der Waals surface area contributed by atoms with Gasteiger partial charge in [-0.3, -0.25) is 0 Å². The third-order valence-corrected chi connectivity index (χ3v) is 3.20. The van der Waals surface area contributed by atoms with Crippen molar-refractivity contribution in [3.05, 3.63) is 52.1 Å². The van der Waals surface area contributed by atoms with Gasteiger partial charge in [0.1, 0.15) is 24.7 Å². The van der Waals surface area contributed by atoms with Gasteiger partial charge in [-0.15, -0.1) is 0 Å². The summed E-state index contributed by atoms with van der Waals surface area (Å²) in [6.45, 7) is 1.00. The zero-order valence-electron chi connectivity index (χ0n) is 9.80. The van der Waals surface area contributed by atoms with Crippen molar-refractivity contribution in [1.29, 1.82) is 0 Å². The summed E-state index contributed by atoms with van der Waals surface area (Å²) in [5.74, 6) is 1.65. The van der Waals surface area contributed by atoms with Crippen molar-refractivity contribution in [3.63, 3.8) is 0 Å². The molecule has 2 N–H and O–H groups in total. The third kappa shape index (κ3) is 3.80. The molecule has 0 amide bonds. The molecular formula is C14H14INO2. The van der Waals surface area contributed by atoms with Crippen molar-refractivity contribution >= 4 is 28.3 Å². The van der Waals surface area contributed by atoms with E-state index in [0.29, 0.717) is 18.9 Å². The summed E-state index contributed by atoms with van der Waals surface area (Å²) in [4.78, 5) is 0. The first-order chi connectivity index (χ1) is 8.75. The van der Waals surface area contributed by atoms with Crippen LogP contribution in [0.15, 0.2) is 48.5 Å². The van der Waals surface area contributed by atoms with E-state index in [-0.39, 0.29) is 0 Å². The van der Waals surface area contributed by atoms with Gasteiger partial charge in [-0.25, -0.2) is 0 Å². The summed E-state index contributed by atoms with van der Waals surface area (Å²) in [5.41, 5.74) is 6.36. The van der Waals surface area contributed by atoms with Gasteiger partial charge in [0, 0.05) is 11.8 Å². The second kappa shape index (κ2) is 6.49. The first-order valence-corrected chi connectivity index (χ1v) is 6.69. The monoisotopic (exact) mass is 355 g/mol. The van der Waals surface area contributed by atoms with Crippen molar-refractivity contribution in [2.24, 2.45) is 0 Å². The Balaban J connectivity index is 1.78. The first kappa shape index (κ1) is 13.0. The fourth-order valence-electron chi connectivity index (χ4n) is 1.48. The van der Waals surface area contributed by atoms with Crippen molar-refractivity contribution in [1.82, 2.24) is 0 Å². The molecule has 0 aliphatic rings. The molecule has 0 unspecified atom stereocenters. The Morgan fingerprint density at radius 2 is 1.72 bits per heavy atom. The zero-order valence-corrected chi connectivity index (χ0v) is 12.0. The predicted octanol–water partition coefficient (Wildman–Crippen LogP) is 3.33. The Labute approximate surface area is 120 Å². The lowest BCUT2D eigenvalue weighted by molar-refractivity contribution is 0.216. The highest BCUT2D eigenvalue weighted by Crippen LogP contribution is 2.19. The first-order valence-electron chi connectivity index (χ1n) is 5.61. The summed E-state index contributed by atoms with van der Waals surface area (Å²) in [7, 11) is 0. The van der Waals surface area contributed by atoms with Crippen LogP contribution in [0.2, 0.25) is 0 Å². The maximum atomic E-state index is 5.66. The zero-order chi connectivity index (χ0) is 12.8. The number of para-hydroxylation sites is 1. The minimum Gasteiger partial charge on any atom is -0.490 e. The van der Waals surface area contributed by atoms with E-state index in [1.54, 1.807) is 6.07 Å². The second-order valence-corrected chi connectivity index (χ2v) is 4.86. The molecule has 0 bridgehead atoms. The Kier molecular flexibility index (Phi) is 4.69. The van der Waals surface area contributed by atoms with Crippen LogP contribution in [0.4, 0.5) is 5.69 Å². The fourth-order valence-corrected chi connectivity index (χ4v) is 2.02. The molecule has 0 heterocycles. The van der Waals surface area contributed by atoms with Gasteiger partial charge in [-0.05, 0) is 46.9 Å². The summed E-state index contributed by atoms with van der Waals surface area (Å²) in [6, 6.07) is 15.3. The molecule has 0 spiro atoms. The van der Waals surface area contributed by atoms with Crippen LogP contribution < -0.4 is 15.2 Å². The van der Waals surface area contributed by atoms with E-state index in [1.165, 1.54) is 0 Å². The summed E-state index contributed by atoms with van der Waals surface area (Å²) < 4.78 is 12.3. The van der Waals surface area contributed by atoms with Crippen LogP contribution in [0.25, 0.3) is 0 Å². The van der Waals surface area contributed by atoms with E-state index in [9.17, 15) is 0 Å². The number of hydrogen-bond acceptors (Lipinski definition) is 3. The van der Waals surface area contributed by atoms with Crippen molar-refractivity contribution in [3.8, 4) is 11.5 Å². The molecular weight excluding hydrogens is 341 g/mol. The van der Waals surface area contributed by atoms with Crippen LogP contribution in [0.5, 0.6) is 11.5 Å². The molecule has 0 aliphatic carbocycles. The molecule has 0 atom stereocenters. The molecule has 94 valence electrons. The maximum absolute atomic E-state index is 5.66. The Bertz CT molecular complexity index is 517. The smallest absolute Gasteiger partial charge is 0.132 e. The average molecular weight is 355 g/mol. The predicted molar refractivity (Wildman–Crippen MR) is 81.0 cm³/mol. The van der Waals surface area contributed by atoms with E-state index < -0.39 is 0 Å². The molecule has 2 aromatic rings. The number of nitrogens with two attached hydrogens (primary N) is 1. The quantitative estimate of drug-likeness (QED) is 0.508. The van der Waals surface area contributed by atoms with Crippen LogP contribution in [-0.4, -0.2) is 13.2 Å². The number of rotatable bonds is 5. The molecule has 0 saturated carbocycles. The summed E-state index contributed by atoms with van der Waals surface area (Å²) >= 11 is 2.25. The molecule has 0 aromatic heterocycles. The molecule has 0 radical (unpaired) electrons. The van der Waals surface area contributed by atoms with E-state index >= 15 is 0 Å². The third-order valence-electron chi connectivity index (χ3n) is 2.30. The molecule has 0 saturated heterocycles. The highest BCUT2D eigenvalue weighted by molar-refractivity contribution is 14.1. The highest BCUT2D eigenvalue weighted by atomic mass is 127.